The Hall–Kier alpha value is -3.67. The van der Waals surface area contributed by atoms with Gasteiger partial charge in [-0.05, 0) is 47.5 Å². The Bertz CT molecular complexity index is 1020. The van der Waals surface area contributed by atoms with E-state index in [0.29, 0.717) is 22.7 Å². The first-order valence-electron chi connectivity index (χ1n) is 7.76. The minimum absolute atomic E-state index is 0.303. The second kappa shape index (κ2) is 6.09. The monoisotopic (exact) mass is 329 g/mol. The van der Waals surface area contributed by atoms with E-state index in [1.165, 1.54) is 0 Å². The summed E-state index contributed by atoms with van der Waals surface area (Å²) in [7, 11) is 0. The maximum atomic E-state index is 12.5. The number of amides is 1. The van der Waals surface area contributed by atoms with Crippen LogP contribution in [0.15, 0.2) is 73.3 Å². The van der Waals surface area contributed by atoms with Crippen LogP contribution in [0.3, 0.4) is 0 Å². The molecule has 0 atom stereocenters. The summed E-state index contributed by atoms with van der Waals surface area (Å²) in [4.78, 5) is 20.9. The molecule has 0 aliphatic rings. The van der Waals surface area contributed by atoms with Crippen molar-refractivity contribution in [3.63, 3.8) is 0 Å². The lowest BCUT2D eigenvalue weighted by molar-refractivity contribution is 0.102. The number of pyridine rings is 2. The number of imidazole rings is 1. The van der Waals surface area contributed by atoms with Crippen LogP contribution in [-0.4, -0.2) is 20.3 Å². The molecule has 4 rings (SSSR count). The molecule has 0 radical (unpaired) electrons. The van der Waals surface area contributed by atoms with Gasteiger partial charge in [-0.2, -0.15) is 0 Å². The zero-order chi connectivity index (χ0) is 17.2. The number of anilines is 2. The highest BCUT2D eigenvalue weighted by Crippen LogP contribution is 2.27. The summed E-state index contributed by atoms with van der Waals surface area (Å²) >= 11 is 0. The lowest BCUT2D eigenvalue weighted by atomic mass is 10.1. The van der Waals surface area contributed by atoms with Gasteiger partial charge < -0.3 is 15.5 Å². The number of fused-ring (bicyclic) bond motifs is 1. The number of nitrogen functional groups attached to an aromatic ring is 1. The summed E-state index contributed by atoms with van der Waals surface area (Å²) in [6, 6.07) is 14.9. The van der Waals surface area contributed by atoms with Gasteiger partial charge in [-0.3, -0.25) is 9.78 Å². The summed E-state index contributed by atoms with van der Waals surface area (Å²) < 4.78 is 1.80. The van der Waals surface area contributed by atoms with Crippen molar-refractivity contribution >= 4 is 22.9 Å². The Morgan fingerprint density at radius 1 is 1.04 bits per heavy atom. The molecule has 0 aliphatic heterocycles. The zero-order valence-corrected chi connectivity index (χ0v) is 13.3. The SMILES string of the molecule is Nc1ccc(-c2ccncc2)cc1NC(=O)c1cn2ccccc2n1. The maximum Gasteiger partial charge on any atom is 0.275 e. The fraction of sp³-hybridized carbons (Fsp3) is 0. The molecular formula is C19H15N5O. The number of rotatable bonds is 3. The largest absolute Gasteiger partial charge is 0.397 e. The summed E-state index contributed by atoms with van der Waals surface area (Å²) in [6.45, 7) is 0. The van der Waals surface area contributed by atoms with Gasteiger partial charge in [0.05, 0.1) is 11.4 Å². The van der Waals surface area contributed by atoms with Crippen molar-refractivity contribution < 1.29 is 4.79 Å². The van der Waals surface area contributed by atoms with Crippen LogP contribution in [0.1, 0.15) is 10.5 Å². The van der Waals surface area contributed by atoms with E-state index in [1.54, 1.807) is 29.1 Å². The standard InChI is InChI=1S/C19H15N5O/c20-15-5-4-14(13-6-8-21-9-7-13)11-16(15)23-19(25)17-12-24-10-2-1-3-18(24)22-17/h1-12H,20H2,(H,23,25). The van der Waals surface area contributed by atoms with Crippen molar-refractivity contribution in [2.75, 3.05) is 11.1 Å². The van der Waals surface area contributed by atoms with Gasteiger partial charge in [0.25, 0.3) is 5.91 Å². The molecule has 25 heavy (non-hydrogen) atoms. The maximum absolute atomic E-state index is 12.5. The van der Waals surface area contributed by atoms with Crippen LogP contribution in [0.4, 0.5) is 11.4 Å². The molecule has 0 spiro atoms. The number of hydrogen-bond donors (Lipinski definition) is 2. The van der Waals surface area contributed by atoms with Crippen LogP contribution in [0.5, 0.6) is 0 Å². The van der Waals surface area contributed by atoms with Crippen LogP contribution >= 0.6 is 0 Å². The first-order chi connectivity index (χ1) is 12.2. The summed E-state index contributed by atoms with van der Waals surface area (Å²) in [6.07, 6.45) is 6.98. The smallest absolute Gasteiger partial charge is 0.275 e. The number of aromatic nitrogens is 3. The highest BCUT2D eigenvalue weighted by atomic mass is 16.1. The molecule has 6 nitrogen and oxygen atoms in total. The van der Waals surface area contributed by atoms with Crippen molar-refractivity contribution in [1.29, 1.82) is 0 Å². The minimum atomic E-state index is -0.303. The number of nitrogens with one attached hydrogen (secondary N) is 1. The van der Waals surface area contributed by atoms with Crippen molar-refractivity contribution in [2.45, 2.75) is 0 Å². The lowest BCUT2D eigenvalue weighted by Crippen LogP contribution is -2.13. The van der Waals surface area contributed by atoms with Crippen molar-refractivity contribution in [1.82, 2.24) is 14.4 Å². The van der Waals surface area contributed by atoms with Crippen LogP contribution in [0.25, 0.3) is 16.8 Å². The van der Waals surface area contributed by atoms with Gasteiger partial charge in [-0.15, -0.1) is 0 Å². The Morgan fingerprint density at radius 3 is 2.68 bits per heavy atom. The molecular weight excluding hydrogens is 314 g/mol. The predicted octanol–water partition coefficient (Wildman–Crippen LogP) is 3.23. The molecule has 0 unspecified atom stereocenters. The molecule has 1 aromatic carbocycles. The van der Waals surface area contributed by atoms with Crippen molar-refractivity contribution in [2.24, 2.45) is 0 Å². The lowest BCUT2D eigenvalue weighted by Gasteiger charge is -2.09. The van der Waals surface area contributed by atoms with E-state index >= 15 is 0 Å². The van der Waals surface area contributed by atoms with Crippen molar-refractivity contribution in [3.05, 3.63) is 79.0 Å². The average Bonchev–Trinajstić information content (AvgIpc) is 3.08. The third-order valence-electron chi connectivity index (χ3n) is 3.91. The third-order valence-corrected chi connectivity index (χ3v) is 3.91. The van der Waals surface area contributed by atoms with Crippen LogP contribution in [-0.2, 0) is 0 Å². The molecule has 6 heteroatoms. The van der Waals surface area contributed by atoms with E-state index in [2.05, 4.69) is 15.3 Å². The summed E-state index contributed by atoms with van der Waals surface area (Å²) in [5.74, 6) is -0.303. The second-order valence-electron chi connectivity index (χ2n) is 5.58. The molecule has 0 fully saturated rings. The van der Waals surface area contributed by atoms with Gasteiger partial charge in [-0.25, -0.2) is 4.98 Å². The highest BCUT2D eigenvalue weighted by Gasteiger charge is 2.13. The summed E-state index contributed by atoms with van der Waals surface area (Å²) in [5.41, 5.74) is 10.1. The number of nitrogens with zero attached hydrogens (tertiary/aromatic N) is 3. The number of benzene rings is 1. The van der Waals surface area contributed by atoms with E-state index < -0.39 is 0 Å². The van der Waals surface area contributed by atoms with E-state index in [9.17, 15) is 4.79 Å². The minimum Gasteiger partial charge on any atom is -0.397 e. The first-order valence-corrected chi connectivity index (χ1v) is 7.76. The van der Waals surface area contributed by atoms with Gasteiger partial charge in [-0.1, -0.05) is 12.1 Å². The average molecular weight is 329 g/mol. The molecule has 3 aromatic heterocycles. The third kappa shape index (κ3) is 2.92. The van der Waals surface area contributed by atoms with Gasteiger partial charge in [0.15, 0.2) is 0 Å². The van der Waals surface area contributed by atoms with E-state index in [1.807, 2.05) is 48.7 Å². The molecule has 0 aliphatic carbocycles. The van der Waals surface area contributed by atoms with Gasteiger partial charge in [0, 0.05) is 24.8 Å². The Balaban J connectivity index is 1.64. The second-order valence-corrected chi connectivity index (χ2v) is 5.58. The highest BCUT2D eigenvalue weighted by molar-refractivity contribution is 6.05. The number of hydrogen-bond acceptors (Lipinski definition) is 4. The number of carbonyl (C=O) groups is 1. The normalized spacial score (nSPS) is 10.7. The Kier molecular flexibility index (Phi) is 3.63. The van der Waals surface area contributed by atoms with Gasteiger partial charge >= 0.3 is 0 Å². The van der Waals surface area contributed by atoms with Crippen LogP contribution < -0.4 is 11.1 Å². The Morgan fingerprint density at radius 2 is 1.88 bits per heavy atom. The van der Waals surface area contributed by atoms with Crippen LogP contribution in [0.2, 0.25) is 0 Å². The molecule has 0 bridgehead atoms. The first kappa shape index (κ1) is 14.9. The quantitative estimate of drug-likeness (QED) is 0.565. The molecule has 0 saturated heterocycles. The summed E-state index contributed by atoms with van der Waals surface area (Å²) in [5, 5.41) is 2.84. The number of carbonyl (C=O) groups excluding carboxylic acids is 1. The molecule has 1 amide bonds. The molecule has 122 valence electrons. The predicted molar refractivity (Wildman–Crippen MR) is 97.2 cm³/mol. The molecule has 3 N–H and O–H groups in total. The molecule has 4 aromatic rings. The van der Waals surface area contributed by atoms with E-state index in [-0.39, 0.29) is 5.91 Å². The fourth-order valence-electron chi connectivity index (χ4n) is 2.62. The fourth-order valence-corrected chi connectivity index (χ4v) is 2.62. The van der Waals surface area contributed by atoms with Gasteiger partial charge in [0.1, 0.15) is 11.3 Å². The van der Waals surface area contributed by atoms with E-state index in [4.69, 9.17) is 5.73 Å². The zero-order valence-electron chi connectivity index (χ0n) is 13.3. The topological polar surface area (TPSA) is 85.3 Å². The molecule has 3 heterocycles. The number of nitrogens with two attached hydrogens (primary N) is 1. The van der Waals surface area contributed by atoms with Crippen molar-refractivity contribution in [3.8, 4) is 11.1 Å². The van der Waals surface area contributed by atoms with Crippen LogP contribution in [0, 0.1) is 0 Å². The van der Waals surface area contributed by atoms with Gasteiger partial charge in [0.2, 0.25) is 0 Å². The Labute approximate surface area is 144 Å². The molecule has 0 saturated carbocycles. The van der Waals surface area contributed by atoms with E-state index in [0.717, 1.165) is 11.1 Å².